The maximum atomic E-state index is 13.1. The van der Waals surface area contributed by atoms with E-state index < -0.39 is 5.60 Å². The van der Waals surface area contributed by atoms with E-state index in [4.69, 9.17) is 24.2 Å². The molecule has 230 valence electrons. The van der Waals surface area contributed by atoms with E-state index in [1.807, 2.05) is 26.8 Å². The molecule has 2 aromatic rings. The second-order valence-electron chi connectivity index (χ2n) is 13.5. The zero-order chi connectivity index (χ0) is 30.2. The van der Waals surface area contributed by atoms with Crippen LogP contribution in [0.1, 0.15) is 69.7 Å². The van der Waals surface area contributed by atoms with E-state index in [9.17, 15) is 10.1 Å². The van der Waals surface area contributed by atoms with Crippen molar-refractivity contribution in [1.82, 2.24) is 19.8 Å². The topological polar surface area (TPSA) is 104 Å². The number of likely N-dealkylation sites (tertiary alicyclic amines) is 1. The van der Waals surface area contributed by atoms with Crippen LogP contribution in [0.3, 0.4) is 0 Å². The average Bonchev–Trinajstić information content (AvgIpc) is 3.39. The first kappa shape index (κ1) is 29.5. The molecule has 1 aromatic heterocycles. The monoisotopic (exact) mass is 588 g/mol. The first-order valence-electron chi connectivity index (χ1n) is 15.7. The van der Waals surface area contributed by atoms with E-state index in [1.165, 1.54) is 12.0 Å². The number of carbonyl (C=O) groups is 1. The number of aromatic nitrogens is 2. The molecule has 1 unspecified atom stereocenters. The van der Waals surface area contributed by atoms with E-state index >= 15 is 0 Å². The number of rotatable bonds is 5. The molecule has 2 fully saturated rings. The van der Waals surface area contributed by atoms with E-state index in [1.54, 1.807) is 4.90 Å². The van der Waals surface area contributed by atoms with Crippen molar-refractivity contribution < 1.29 is 19.0 Å². The molecule has 4 aliphatic rings. The van der Waals surface area contributed by atoms with Gasteiger partial charge in [-0.25, -0.2) is 4.79 Å². The molecule has 3 atom stereocenters. The maximum absolute atomic E-state index is 13.1. The van der Waals surface area contributed by atoms with Crippen molar-refractivity contribution >= 4 is 11.9 Å². The first-order chi connectivity index (χ1) is 20.7. The van der Waals surface area contributed by atoms with Gasteiger partial charge in [0.15, 0.2) is 0 Å². The number of amides is 1. The van der Waals surface area contributed by atoms with Gasteiger partial charge in [0.2, 0.25) is 0 Å². The summed E-state index contributed by atoms with van der Waals surface area (Å²) in [6.07, 6.45) is 5.72. The Kier molecular flexibility index (Phi) is 8.12. The van der Waals surface area contributed by atoms with Gasteiger partial charge in [0.1, 0.15) is 23.8 Å². The molecule has 0 radical (unpaired) electrons. The largest absolute Gasteiger partial charge is 0.493 e. The fourth-order valence-electron chi connectivity index (χ4n) is 7.21. The number of para-hydroxylation sites is 1. The molecule has 1 amide bonds. The van der Waals surface area contributed by atoms with Gasteiger partial charge in [-0.1, -0.05) is 18.2 Å². The first-order valence-corrected chi connectivity index (χ1v) is 15.7. The van der Waals surface area contributed by atoms with Gasteiger partial charge in [-0.05, 0) is 72.5 Å². The summed E-state index contributed by atoms with van der Waals surface area (Å²) in [5.74, 6) is 1.85. The number of anilines is 1. The predicted molar refractivity (Wildman–Crippen MR) is 163 cm³/mol. The second-order valence-corrected chi connectivity index (χ2v) is 13.5. The standard InChI is InChI=1S/C33H44N6O4/c1-32(2,3)43-31(40)39-18-17-38(21-23(39)12-15-34)29-25-11-13-33(14-19-41-28-10-6-5-9-26(28)33)20-27(25)35-30(36-29)42-22-24-8-7-16-37(24)4/h5-6,9-10,23-24H,7-8,11-14,16-22H2,1-4H3/t23-,24-,33?/m0/s1. The smallest absolute Gasteiger partial charge is 0.410 e. The number of hydrogen-bond acceptors (Lipinski definition) is 9. The van der Waals surface area contributed by atoms with Crippen molar-refractivity contribution in [1.29, 1.82) is 5.26 Å². The highest BCUT2D eigenvalue weighted by molar-refractivity contribution is 5.69. The minimum absolute atomic E-state index is 0.0326. The van der Waals surface area contributed by atoms with E-state index in [2.05, 4.69) is 41.1 Å². The normalized spacial score (nSPS) is 25.5. The number of nitriles is 1. The summed E-state index contributed by atoms with van der Waals surface area (Å²) in [6.45, 7) is 9.48. The van der Waals surface area contributed by atoms with Gasteiger partial charge in [-0.2, -0.15) is 15.2 Å². The van der Waals surface area contributed by atoms with Crippen molar-refractivity contribution in [3.63, 3.8) is 0 Å². The van der Waals surface area contributed by atoms with Gasteiger partial charge in [0.05, 0.1) is 30.8 Å². The Balaban J connectivity index is 1.31. The molecule has 43 heavy (non-hydrogen) atoms. The van der Waals surface area contributed by atoms with Crippen molar-refractivity contribution in [2.45, 2.75) is 88.8 Å². The summed E-state index contributed by atoms with van der Waals surface area (Å²) >= 11 is 0. The molecule has 1 aromatic carbocycles. The molecule has 3 aliphatic heterocycles. The van der Waals surface area contributed by atoms with Gasteiger partial charge >= 0.3 is 12.1 Å². The number of carbonyl (C=O) groups excluding carboxylic acids is 1. The van der Waals surface area contributed by atoms with Crippen molar-refractivity contribution in [3.05, 3.63) is 41.1 Å². The Bertz CT molecular complexity index is 1390. The third-order valence-electron chi connectivity index (χ3n) is 9.52. The number of nitrogens with zero attached hydrogens (tertiary/aromatic N) is 6. The van der Waals surface area contributed by atoms with Crippen molar-refractivity contribution in [3.8, 4) is 17.8 Å². The number of benzene rings is 1. The second kappa shape index (κ2) is 11.8. The van der Waals surface area contributed by atoms with Crippen LogP contribution in [-0.4, -0.2) is 90.0 Å². The maximum Gasteiger partial charge on any atom is 0.410 e. The number of piperazine rings is 1. The highest BCUT2D eigenvalue weighted by atomic mass is 16.6. The van der Waals surface area contributed by atoms with E-state index in [0.717, 1.165) is 61.5 Å². The SMILES string of the molecule is CN1CCC[C@H]1COc1nc2c(c(N3CCN(C(=O)OC(C)(C)C)[C@@H](CC#N)C3)n1)CCC1(CCOc3ccccc31)C2. The minimum Gasteiger partial charge on any atom is -0.493 e. The van der Waals surface area contributed by atoms with Crippen molar-refractivity contribution in [2.75, 3.05) is 51.3 Å². The van der Waals surface area contributed by atoms with Crippen LogP contribution in [-0.2, 0) is 23.0 Å². The number of likely N-dealkylation sites (N-methyl/N-ethyl adjacent to an activating group) is 1. The average molecular weight is 589 g/mol. The highest BCUT2D eigenvalue weighted by Crippen LogP contribution is 2.48. The molecule has 10 heteroatoms. The molecule has 6 rings (SSSR count). The van der Waals surface area contributed by atoms with Crippen LogP contribution >= 0.6 is 0 Å². The van der Waals surface area contributed by atoms with Gasteiger partial charge in [-0.3, -0.25) is 0 Å². The van der Waals surface area contributed by atoms with Crippen LogP contribution in [0.5, 0.6) is 11.8 Å². The molecule has 10 nitrogen and oxygen atoms in total. The lowest BCUT2D eigenvalue weighted by molar-refractivity contribution is 0.0144. The zero-order valence-corrected chi connectivity index (χ0v) is 26.0. The molecule has 1 aliphatic carbocycles. The summed E-state index contributed by atoms with van der Waals surface area (Å²) in [4.78, 5) is 29.4. The highest BCUT2D eigenvalue weighted by Gasteiger charge is 2.43. The van der Waals surface area contributed by atoms with Gasteiger partial charge < -0.3 is 28.9 Å². The summed E-state index contributed by atoms with van der Waals surface area (Å²) in [7, 11) is 2.14. The van der Waals surface area contributed by atoms with Gasteiger partial charge in [-0.15, -0.1) is 0 Å². The number of hydrogen-bond donors (Lipinski definition) is 0. The van der Waals surface area contributed by atoms with Crippen LogP contribution in [0.15, 0.2) is 24.3 Å². The quantitative estimate of drug-likeness (QED) is 0.499. The predicted octanol–water partition coefficient (Wildman–Crippen LogP) is 4.50. The zero-order valence-electron chi connectivity index (χ0n) is 26.0. The van der Waals surface area contributed by atoms with Gasteiger partial charge in [0, 0.05) is 48.6 Å². The molecule has 0 saturated carbocycles. The van der Waals surface area contributed by atoms with Crippen LogP contribution in [0.4, 0.5) is 10.6 Å². The number of fused-ring (bicyclic) bond motifs is 3. The van der Waals surface area contributed by atoms with E-state index in [-0.39, 0.29) is 24.0 Å². The molecule has 0 N–H and O–H groups in total. The van der Waals surface area contributed by atoms with Crippen LogP contribution in [0.25, 0.3) is 0 Å². The fourth-order valence-corrected chi connectivity index (χ4v) is 7.21. The number of ether oxygens (including phenoxy) is 3. The Morgan fingerprint density at radius 1 is 1.16 bits per heavy atom. The lowest BCUT2D eigenvalue weighted by atomic mass is 9.66. The Morgan fingerprint density at radius 2 is 2.00 bits per heavy atom. The molecule has 4 heterocycles. The molecule has 1 spiro atoms. The fraction of sp³-hybridized carbons (Fsp3) is 0.636. The third-order valence-corrected chi connectivity index (χ3v) is 9.52. The summed E-state index contributed by atoms with van der Waals surface area (Å²) in [6, 6.07) is 11.2. The van der Waals surface area contributed by atoms with Gasteiger partial charge in [0.25, 0.3) is 0 Å². The lowest BCUT2D eigenvalue weighted by Crippen LogP contribution is -2.56. The Hall–Kier alpha value is -3.58. The van der Waals surface area contributed by atoms with Crippen LogP contribution < -0.4 is 14.4 Å². The van der Waals surface area contributed by atoms with Crippen LogP contribution in [0, 0.1) is 11.3 Å². The molecule has 0 bridgehead atoms. The third kappa shape index (κ3) is 6.10. The van der Waals surface area contributed by atoms with Crippen LogP contribution in [0.2, 0.25) is 0 Å². The summed E-state index contributed by atoms with van der Waals surface area (Å²) in [5, 5.41) is 9.65. The van der Waals surface area contributed by atoms with E-state index in [0.29, 0.717) is 44.9 Å². The Morgan fingerprint density at radius 3 is 2.77 bits per heavy atom. The molecular formula is C33H44N6O4. The minimum atomic E-state index is -0.602. The molecule has 2 saturated heterocycles. The molecular weight excluding hydrogens is 544 g/mol. The lowest BCUT2D eigenvalue weighted by Gasteiger charge is -2.44. The Labute approximate surface area is 254 Å². The summed E-state index contributed by atoms with van der Waals surface area (Å²) in [5.41, 5.74) is 2.82. The summed E-state index contributed by atoms with van der Waals surface area (Å²) < 4.78 is 18.1. The van der Waals surface area contributed by atoms with Crippen molar-refractivity contribution in [2.24, 2.45) is 0 Å².